The molecular formula is C21H19N3S. The second kappa shape index (κ2) is 6.65. The fourth-order valence-corrected chi connectivity index (χ4v) is 3.79. The molecule has 25 heavy (non-hydrogen) atoms. The molecule has 0 amide bonds. The first-order valence-corrected chi connectivity index (χ1v) is 9.19. The third-order valence-electron chi connectivity index (χ3n) is 4.23. The zero-order valence-corrected chi connectivity index (χ0v) is 15.0. The summed E-state index contributed by atoms with van der Waals surface area (Å²) >= 11 is 1.69. The van der Waals surface area contributed by atoms with Crippen molar-refractivity contribution in [2.24, 2.45) is 0 Å². The Balaban J connectivity index is 1.69. The zero-order chi connectivity index (χ0) is 17.2. The number of nitrogens with one attached hydrogen (secondary N) is 1. The van der Waals surface area contributed by atoms with Gasteiger partial charge in [0.1, 0.15) is 17.0 Å². The Labute approximate surface area is 151 Å². The molecule has 0 unspecified atom stereocenters. The van der Waals surface area contributed by atoms with Crippen LogP contribution >= 0.6 is 11.3 Å². The summed E-state index contributed by atoms with van der Waals surface area (Å²) in [7, 11) is 0. The summed E-state index contributed by atoms with van der Waals surface area (Å²) in [6, 6.07) is 21.1. The number of benzene rings is 2. The highest BCUT2D eigenvalue weighted by Gasteiger charge is 2.10. The topological polar surface area (TPSA) is 37.8 Å². The lowest BCUT2D eigenvalue weighted by Crippen LogP contribution is -1.95. The molecule has 0 saturated heterocycles. The molecule has 0 aliphatic rings. The molecular weight excluding hydrogens is 326 g/mol. The van der Waals surface area contributed by atoms with Crippen molar-refractivity contribution in [3.63, 3.8) is 0 Å². The Morgan fingerprint density at radius 3 is 2.40 bits per heavy atom. The van der Waals surface area contributed by atoms with Gasteiger partial charge in [0.2, 0.25) is 0 Å². The van der Waals surface area contributed by atoms with Crippen LogP contribution in [0.5, 0.6) is 0 Å². The Bertz CT molecular complexity index is 989. The number of hydrogen-bond acceptors (Lipinski definition) is 4. The summed E-state index contributed by atoms with van der Waals surface area (Å²) in [5.74, 6) is 1.38. The van der Waals surface area contributed by atoms with Crippen molar-refractivity contribution in [2.75, 3.05) is 5.32 Å². The van der Waals surface area contributed by atoms with E-state index in [9.17, 15) is 0 Å². The number of hydrogen-bond donors (Lipinski definition) is 1. The first kappa shape index (κ1) is 15.8. The lowest BCUT2D eigenvalue weighted by molar-refractivity contribution is 0.867. The SMILES string of the molecule is CC(C)c1ccc(Nc2ncnc3sc(-c4ccccc4)cc23)cc1. The molecule has 0 saturated carbocycles. The maximum atomic E-state index is 4.45. The Morgan fingerprint density at radius 1 is 0.920 bits per heavy atom. The largest absolute Gasteiger partial charge is 0.340 e. The van der Waals surface area contributed by atoms with E-state index in [4.69, 9.17) is 0 Å². The number of anilines is 2. The van der Waals surface area contributed by atoms with E-state index in [-0.39, 0.29) is 0 Å². The van der Waals surface area contributed by atoms with E-state index in [1.807, 2.05) is 6.07 Å². The standard InChI is InChI=1S/C21H19N3S/c1-14(2)15-8-10-17(11-9-15)24-20-18-12-19(16-6-4-3-5-7-16)25-21(18)23-13-22-20/h3-14H,1-2H3,(H,22,23,24). The molecule has 0 aliphatic heterocycles. The van der Waals surface area contributed by atoms with Gasteiger partial charge in [-0.25, -0.2) is 9.97 Å². The molecule has 1 N–H and O–H groups in total. The second-order valence-corrected chi connectivity index (χ2v) is 7.35. The lowest BCUT2D eigenvalue weighted by Gasteiger charge is -2.09. The molecule has 0 spiro atoms. The average molecular weight is 345 g/mol. The van der Waals surface area contributed by atoms with Gasteiger partial charge in [0, 0.05) is 10.6 Å². The molecule has 0 bridgehead atoms. The normalized spacial score (nSPS) is 11.2. The molecule has 2 aromatic carbocycles. The second-order valence-electron chi connectivity index (χ2n) is 6.32. The van der Waals surface area contributed by atoms with E-state index in [0.717, 1.165) is 21.7 Å². The van der Waals surface area contributed by atoms with E-state index < -0.39 is 0 Å². The third kappa shape index (κ3) is 3.26. The van der Waals surface area contributed by atoms with Gasteiger partial charge in [-0.2, -0.15) is 0 Å². The summed E-state index contributed by atoms with van der Waals surface area (Å²) in [6.07, 6.45) is 1.62. The highest BCUT2D eigenvalue weighted by atomic mass is 32.1. The quantitative estimate of drug-likeness (QED) is 0.477. The van der Waals surface area contributed by atoms with Crippen molar-refractivity contribution in [2.45, 2.75) is 19.8 Å². The van der Waals surface area contributed by atoms with Gasteiger partial charge in [-0.1, -0.05) is 56.3 Å². The molecule has 4 aromatic rings. The van der Waals surface area contributed by atoms with Gasteiger partial charge in [0.05, 0.1) is 5.39 Å². The van der Waals surface area contributed by atoms with Crippen LogP contribution in [0.4, 0.5) is 11.5 Å². The molecule has 0 fully saturated rings. The van der Waals surface area contributed by atoms with Crippen LogP contribution in [0.15, 0.2) is 67.0 Å². The van der Waals surface area contributed by atoms with Crippen LogP contribution in [0.25, 0.3) is 20.7 Å². The van der Waals surface area contributed by atoms with Crippen molar-refractivity contribution >= 4 is 33.1 Å². The van der Waals surface area contributed by atoms with Crippen molar-refractivity contribution in [3.8, 4) is 10.4 Å². The minimum atomic E-state index is 0.533. The molecule has 2 heterocycles. The molecule has 124 valence electrons. The summed E-state index contributed by atoms with van der Waals surface area (Å²) in [5.41, 5.74) is 3.58. The first-order chi connectivity index (χ1) is 12.2. The van der Waals surface area contributed by atoms with Gasteiger partial charge in [0.15, 0.2) is 0 Å². The summed E-state index contributed by atoms with van der Waals surface area (Å²) in [4.78, 5) is 11.1. The van der Waals surface area contributed by atoms with Gasteiger partial charge in [-0.15, -0.1) is 11.3 Å². The van der Waals surface area contributed by atoms with Gasteiger partial charge >= 0.3 is 0 Å². The molecule has 4 heteroatoms. The molecule has 0 atom stereocenters. The van der Waals surface area contributed by atoms with E-state index in [2.05, 4.69) is 83.7 Å². The smallest absolute Gasteiger partial charge is 0.142 e. The maximum absolute atomic E-state index is 4.45. The number of thiophene rings is 1. The van der Waals surface area contributed by atoms with Crippen LogP contribution in [0.3, 0.4) is 0 Å². The predicted molar refractivity (Wildman–Crippen MR) is 107 cm³/mol. The summed E-state index contributed by atoms with van der Waals surface area (Å²) in [6.45, 7) is 4.40. The van der Waals surface area contributed by atoms with Crippen LogP contribution < -0.4 is 5.32 Å². The van der Waals surface area contributed by atoms with Gasteiger partial charge in [-0.05, 0) is 35.2 Å². The van der Waals surface area contributed by atoms with Gasteiger partial charge < -0.3 is 5.32 Å². The first-order valence-electron chi connectivity index (χ1n) is 8.37. The van der Waals surface area contributed by atoms with Crippen molar-refractivity contribution in [1.29, 1.82) is 0 Å². The fraction of sp³-hybridized carbons (Fsp3) is 0.143. The molecule has 2 aromatic heterocycles. The Morgan fingerprint density at radius 2 is 1.68 bits per heavy atom. The number of fused-ring (bicyclic) bond motifs is 1. The molecule has 0 radical (unpaired) electrons. The van der Waals surface area contributed by atoms with Crippen molar-refractivity contribution in [3.05, 3.63) is 72.6 Å². The molecule has 3 nitrogen and oxygen atoms in total. The Hall–Kier alpha value is -2.72. The predicted octanol–water partition coefficient (Wildman–Crippen LogP) is 6.23. The monoisotopic (exact) mass is 345 g/mol. The van der Waals surface area contributed by atoms with Crippen LogP contribution in [0.1, 0.15) is 25.3 Å². The minimum Gasteiger partial charge on any atom is -0.340 e. The van der Waals surface area contributed by atoms with E-state index >= 15 is 0 Å². The van der Waals surface area contributed by atoms with Gasteiger partial charge in [0.25, 0.3) is 0 Å². The van der Waals surface area contributed by atoms with Crippen molar-refractivity contribution < 1.29 is 0 Å². The lowest BCUT2D eigenvalue weighted by atomic mass is 10.0. The fourth-order valence-electron chi connectivity index (χ4n) is 2.79. The third-order valence-corrected chi connectivity index (χ3v) is 5.32. The highest BCUT2D eigenvalue weighted by molar-refractivity contribution is 7.21. The van der Waals surface area contributed by atoms with Crippen LogP contribution in [-0.2, 0) is 0 Å². The molecule has 0 aliphatic carbocycles. The minimum absolute atomic E-state index is 0.533. The summed E-state index contributed by atoms with van der Waals surface area (Å²) in [5, 5.41) is 4.49. The van der Waals surface area contributed by atoms with Crippen LogP contribution in [-0.4, -0.2) is 9.97 Å². The highest BCUT2D eigenvalue weighted by Crippen LogP contribution is 2.35. The van der Waals surface area contributed by atoms with Crippen molar-refractivity contribution in [1.82, 2.24) is 9.97 Å². The maximum Gasteiger partial charge on any atom is 0.142 e. The summed E-state index contributed by atoms with van der Waals surface area (Å²) < 4.78 is 0. The van der Waals surface area contributed by atoms with E-state index in [1.165, 1.54) is 16.0 Å². The van der Waals surface area contributed by atoms with E-state index in [0.29, 0.717) is 5.92 Å². The number of aromatic nitrogens is 2. The van der Waals surface area contributed by atoms with Crippen LogP contribution in [0, 0.1) is 0 Å². The average Bonchev–Trinajstić information content (AvgIpc) is 3.08. The number of nitrogens with zero attached hydrogens (tertiary/aromatic N) is 2. The number of rotatable bonds is 4. The molecule has 4 rings (SSSR count). The Kier molecular flexibility index (Phi) is 4.20. The van der Waals surface area contributed by atoms with Gasteiger partial charge in [-0.3, -0.25) is 0 Å². The van der Waals surface area contributed by atoms with E-state index in [1.54, 1.807) is 17.7 Å². The van der Waals surface area contributed by atoms with Crippen LogP contribution in [0.2, 0.25) is 0 Å². The zero-order valence-electron chi connectivity index (χ0n) is 14.2.